The van der Waals surface area contributed by atoms with Gasteiger partial charge in [-0.25, -0.2) is 0 Å². The third kappa shape index (κ3) is 3.33. The molecule has 0 spiro atoms. The Hall–Kier alpha value is -1.10. The Labute approximate surface area is 84.6 Å². The van der Waals surface area contributed by atoms with Gasteiger partial charge in [0.25, 0.3) is 0 Å². The number of hydrogen-bond donors (Lipinski definition) is 2. The first-order valence-corrected chi connectivity index (χ1v) is 4.60. The summed E-state index contributed by atoms with van der Waals surface area (Å²) < 4.78 is 0. The van der Waals surface area contributed by atoms with Gasteiger partial charge in [-0.2, -0.15) is 0 Å². The van der Waals surface area contributed by atoms with Gasteiger partial charge < -0.3 is 16.0 Å². The van der Waals surface area contributed by atoms with Crippen LogP contribution >= 0.6 is 0 Å². The maximum Gasteiger partial charge on any atom is 0.242 e. The molecule has 0 saturated heterocycles. The van der Waals surface area contributed by atoms with Gasteiger partial charge in [0.2, 0.25) is 11.8 Å². The molecule has 1 unspecified atom stereocenters. The first-order valence-electron chi connectivity index (χ1n) is 4.60. The Bertz CT molecular complexity index is 226. The van der Waals surface area contributed by atoms with E-state index >= 15 is 0 Å². The smallest absolute Gasteiger partial charge is 0.242 e. The predicted molar refractivity (Wildman–Crippen MR) is 54.6 cm³/mol. The minimum atomic E-state index is -0.886. The zero-order valence-corrected chi connectivity index (χ0v) is 9.26. The lowest BCUT2D eigenvalue weighted by atomic mass is 9.99. The monoisotopic (exact) mass is 201 g/mol. The second-order valence-corrected chi connectivity index (χ2v) is 3.61. The second kappa shape index (κ2) is 4.95. The number of amides is 2. The molecule has 2 amide bonds. The van der Waals surface area contributed by atoms with E-state index in [-0.39, 0.29) is 18.4 Å². The van der Waals surface area contributed by atoms with Crippen LogP contribution in [0.25, 0.3) is 0 Å². The molecule has 0 fully saturated rings. The molecule has 5 heteroatoms. The molecule has 0 rings (SSSR count). The van der Waals surface area contributed by atoms with Crippen molar-refractivity contribution in [3.63, 3.8) is 0 Å². The lowest BCUT2D eigenvalue weighted by molar-refractivity contribution is -0.138. The van der Waals surface area contributed by atoms with Crippen LogP contribution in [-0.4, -0.2) is 42.9 Å². The van der Waals surface area contributed by atoms with Crippen molar-refractivity contribution >= 4 is 11.8 Å². The van der Waals surface area contributed by atoms with Crippen LogP contribution < -0.4 is 11.1 Å². The van der Waals surface area contributed by atoms with Crippen molar-refractivity contribution < 1.29 is 9.59 Å². The molecule has 3 N–H and O–H groups in total. The summed E-state index contributed by atoms with van der Waals surface area (Å²) >= 11 is 0. The summed E-state index contributed by atoms with van der Waals surface area (Å²) in [7, 11) is 3.10. The van der Waals surface area contributed by atoms with E-state index in [9.17, 15) is 9.59 Å². The predicted octanol–water partition coefficient (Wildman–Crippen LogP) is -0.682. The van der Waals surface area contributed by atoms with Gasteiger partial charge in [0, 0.05) is 14.1 Å². The topological polar surface area (TPSA) is 75.4 Å². The number of carbonyl (C=O) groups excluding carboxylic acids is 2. The van der Waals surface area contributed by atoms with Crippen molar-refractivity contribution in [2.45, 2.75) is 25.8 Å². The van der Waals surface area contributed by atoms with Crippen LogP contribution in [0.15, 0.2) is 0 Å². The molecule has 0 heterocycles. The molecule has 0 bridgehead atoms. The van der Waals surface area contributed by atoms with Crippen molar-refractivity contribution in [2.24, 2.45) is 5.73 Å². The van der Waals surface area contributed by atoms with Crippen LogP contribution in [0.3, 0.4) is 0 Å². The summed E-state index contributed by atoms with van der Waals surface area (Å²) in [4.78, 5) is 24.0. The molecule has 0 aromatic carbocycles. The summed E-state index contributed by atoms with van der Waals surface area (Å²) in [5.41, 5.74) is 4.87. The number of likely N-dealkylation sites (N-methyl/N-ethyl adjacent to an activating group) is 2. The number of nitrogens with zero attached hydrogens (tertiary/aromatic N) is 1. The van der Waals surface area contributed by atoms with Crippen molar-refractivity contribution in [1.29, 1.82) is 0 Å². The first kappa shape index (κ1) is 12.9. The Morgan fingerprint density at radius 3 is 2.36 bits per heavy atom. The summed E-state index contributed by atoms with van der Waals surface area (Å²) in [5, 5.41) is 2.45. The average Bonchev–Trinajstić information content (AvgIpc) is 2.16. The van der Waals surface area contributed by atoms with E-state index in [1.807, 2.05) is 6.92 Å². The van der Waals surface area contributed by atoms with Crippen LogP contribution in [0.1, 0.15) is 20.3 Å². The molecule has 0 aliphatic heterocycles. The van der Waals surface area contributed by atoms with Gasteiger partial charge in [-0.05, 0) is 13.3 Å². The Morgan fingerprint density at radius 1 is 1.50 bits per heavy atom. The van der Waals surface area contributed by atoms with Gasteiger partial charge in [-0.1, -0.05) is 6.92 Å². The van der Waals surface area contributed by atoms with E-state index in [1.54, 1.807) is 14.0 Å². The molecule has 1 atom stereocenters. The minimum Gasteiger partial charge on any atom is -0.358 e. The molecule has 0 saturated carbocycles. The Kier molecular flexibility index (Phi) is 4.56. The van der Waals surface area contributed by atoms with Crippen LogP contribution in [0, 0.1) is 0 Å². The highest BCUT2D eigenvalue weighted by Gasteiger charge is 2.29. The Morgan fingerprint density at radius 2 is 2.00 bits per heavy atom. The summed E-state index contributed by atoms with van der Waals surface area (Å²) in [6, 6.07) is 0. The quantitative estimate of drug-likeness (QED) is 0.632. The zero-order chi connectivity index (χ0) is 11.4. The largest absolute Gasteiger partial charge is 0.358 e. The molecule has 0 aromatic rings. The highest BCUT2D eigenvalue weighted by molar-refractivity contribution is 5.89. The maximum absolute atomic E-state index is 11.7. The average molecular weight is 201 g/mol. The van der Waals surface area contributed by atoms with E-state index in [0.29, 0.717) is 6.42 Å². The second-order valence-electron chi connectivity index (χ2n) is 3.61. The normalized spacial score (nSPS) is 14.4. The minimum absolute atomic E-state index is 0.0438. The third-order valence-electron chi connectivity index (χ3n) is 2.23. The number of carbonyl (C=O) groups is 2. The standard InChI is InChI=1S/C9H19N3O2/c1-5-9(2,10)8(14)12(4)6-7(13)11-3/h5-6,10H2,1-4H3,(H,11,13). The van der Waals surface area contributed by atoms with Crippen molar-refractivity contribution in [3.8, 4) is 0 Å². The fraction of sp³-hybridized carbons (Fsp3) is 0.778. The van der Waals surface area contributed by atoms with Crippen molar-refractivity contribution in [2.75, 3.05) is 20.6 Å². The van der Waals surface area contributed by atoms with Crippen LogP contribution in [0.4, 0.5) is 0 Å². The molecule has 5 nitrogen and oxygen atoms in total. The van der Waals surface area contributed by atoms with Gasteiger partial charge >= 0.3 is 0 Å². The summed E-state index contributed by atoms with van der Waals surface area (Å²) in [5.74, 6) is -0.420. The number of nitrogens with two attached hydrogens (primary N) is 1. The molecular formula is C9H19N3O2. The van der Waals surface area contributed by atoms with Gasteiger partial charge in [-0.15, -0.1) is 0 Å². The molecule has 82 valence electrons. The maximum atomic E-state index is 11.7. The first-order chi connectivity index (χ1) is 6.35. The van der Waals surface area contributed by atoms with Crippen molar-refractivity contribution in [1.82, 2.24) is 10.2 Å². The number of rotatable bonds is 4. The summed E-state index contributed by atoms with van der Waals surface area (Å²) in [6.07, 6.45) is 0.546. The van der Waals surface area contributed by atoms with Gasteiger partial charge in [0.05, 0.1) is 12.1 Å². The lowest BCUT2D eigenvalue weighted by Gasteiger charge is -2.27. The van der Waals surface area contributed by atoms with E-state index in [4.69, 9.17) is 5.73 Å². The molecule has 0 aliphatic rings. The van der Waals surface area contributed by atoms with Gasteiger partial charge in [-0.3, -0.25) is 9.59 Å². The third-order valence-corrected chi connectivity index (χ3v) is 2.23. The van der Waals surface area contributed by atoms with Crippen LogP contribution in [0.5, 0.6) is 0 Å². The fourth-order valence-electron chi connectivity index (χ4n) is 0.954. The number of hydrogen-bond acceptors (Lipinski definition) is 3. The SMILES string of the molecule is CCC(C)(N)C(=O)N(C)CC(=O)NC. The zero-order valence-electron chi connectivity index (χ0n) is 9.26. The van der Waals surface area contributed by atoms with Crippen LogP contribution in [-0.2, 0) is 9.59 Å². The molecule has 14 heavy (non-hydrogen) atoms. The highest BCUT2D eigenvalue weighted by atomic mass is 16.2. The molecule has 0 aromatic heterocycles. The van der Waals surface area contributed by atoms with Crippen molar-refractivity contribution in [3.05, 3.63) is 0 Å². The molecule has 0 aliphatic carbocycles. The molecule has 0 radical (unpaired) electrons. The summed E-state index contributed by atoms with van der Waals surface area (Å²) in [6.45, 7) is 3.55. The van der Waals surface area contributed by atoms with E-state index in [2.05, 4.69) is 5.32 Å². The Balaban J connectivity index is 4.33. The van der Waals surface area contributed by atoms with Gasteiger partial charge in [0.1, 0.15) is 0 Å². The van der Waals surface area contributed by atoms with E-state index < -0.39 is 5.54 Å². The van der Waals surface area contributed by atoms with Gasteiger partial charge in [0.15, 0.2) is 0 Å². The highest BCUT2D eigenvalue weighted by Crippen LogP contribution is 2.08. The fourth-order valence-corrected chi connectivity index (χ4v) is 0.954. The van der Waals surface area contributed by atoms with Crippen LogP contribution in [0.2, 0.25) is 0 Å². The van der Waals surface area contributed by atoms with E-state index in [0.717, 1.165) is 0 Å². The number of nitrogens with one attached hydrogen (secondary N) is 1. The van der Waals surface area contributed by atoms with E-state index in [1.165, 1.54) is 11.9 Å². The molecular weight excluding hydrogens is 182 g/mol. The lowest BCUT2D eigenvalue weighted by Crippen LogP contribution is -2.53.